The number of hydrogen-bond acceptors (Lipinski definition) is 2. The van der Waals surface area contributed by atoms with Crippen molar-refractivity contribution in [3.8, 4) is 18.1 Å². The predicted molar refractivity (Wildman–Crippen MR) is 83.4 cm³/mol. The zero-order valence-corrected chi connectivity index (χ0v) is 12.1. The molecular weight excluding hydrogens is 286 g/mol. The van der Waals surface area contributed by atoms with Gasteiger partial charge in [0, 0.05) is 5.02 Å². The summed E-state index contributed by atoms with van der Waals surface area (Å²) in [6, 6.07) is 14.4. The molecule has 0 aliphatic carbocycles. The normalized spacial score (nSPS) is 9.71. The molecule has 2 aromatic rings. The summed E-state index contributed by atoms with van der Waals surface area (Å²) in [6.45, 7) is 0.543. The van der Waals surface area contributed by atoms with Crippen LogP contribution in [0.25, 0.3) is 0 Å². The second kappa shape index (κ2) is 7.37. The SMILES string of the molecule is C#CCNC(=O)c1ccccc1OCc1ccc(Cl)cc1. The molecule has 2 aromatic carbocycles. The minimum atomic E-state index is -0.250. The van der Waals surface area contributed by atoms with Crippen LogP contribution in [0.15, 0.2) is 48.5 Å². The molecule has 3 nitrogen and oxygen atoms in total. The molecule has 0 saturated heterocycles. The molecule has 0 bridgehead atoms. The van der Waals surface area contributed by atoms with Crippen LogP contribution in [0.3, 0.4) is 0 Å². The molecule has 0 aliphatic rings. The second-order valence-corrected chi connectivity index (χ2v) is 4.73. The summed E-state index contributed by atoms with van der Waals surface area (Å²) >= 11 is 5.83. The summed E-state index contributed by atoms with van der Waals surface area (Å²) in [4.78, 5) is 12.0. The van der Waals surface area contributed by atoms with E-state index < -0.39 is 0 Å². The summed E-state index contributed by atoms with van der Waals surface area (Å²) < 4.78 is 5.71. The number of rotatable bonds is 5. The number of carbonyl (C=O) groups excluding carboxylic acids is 1. The highest BCUT2D eigenvalue weighted by Gasteiger charge is 2.11. The van der Waals surface area contributed by atoms with Gasteiger partial charge < -0.3 is 10.1 Å². The third-order valence-electron chi connectivity index (χ3n) is 2.79. The van der Waals surface area contributed by atoms with E-state index in [1.807, 2.05) is 18.2 Å². The van der Waals surface area contributed by atoms with Crippen molar-refractivity contribution in [2.24, 2.45) is 0 Å². The first kappa shape index (κ1) is 15.0. The molecule has 21 heavy (non-hydrogen) atoms. The lowest BCUT2D eigenvalue weighted by Crippen LogP contribution is -2.24. The molecule has 1 N–H and O–H groups in total. The molecule has 1 amide bonds. The average Bonchev–Trinajstić information content (AvgIpc) is 2.52. The fraction of sp³-hybridized carbons (Fsp3) is 0.118. The van der Waals surface area contributed by atoms with Gasteiger partial charge in [-0.15, -0.1) is 6.42 Å². The van der Waals surface area contributed by atoms with Gasteiger partial charge in [0.2, 0.25) is 0 Å². The monoisotopic (exact) mass is 299 g/mol. The number of ether oxygens (including phenoxy) is 1. The van der Waals surface area contributed by atoms with E-state index in [9.17, 15) is 4.79 Å². The van der Waals surface area contributed by atoms with Crippen molar-refractivity contribution in [1.29, 1.82) is 0 Å². The first-order chi connectivity index (χ1) is 10.2. The first-order valence-corrected chi connectivity index (χ1v) is 6.76. The molecule has 106 valence electrons. The lowest BCUT2D eigenvalue weighted by atomic mass is 10.2. The Morgan fingerprint density at radius 1 is 1.19 bits per heavy atom. The van der Waals surface area contributed by atoms with Crippen molar-refractivity contribution in [3.05, 3.63) is 64.7 Å². The van der Waals surface area contributed by atoms with Crippen LogP contribution in [0.5, 0.6) is 5.75 Å². The molecule has 0 saturated carbocycles. The Balaban J connectivity index is 2.08. The highest BCUT2D eigenvalue weighted by molar-refractivity contribution is 6.30. The highest BCUT2D eigenvalue weighted by atomic mass is 35.5. The van der Waals surface area contributed by atoms with E-state index in [2.05, 4.69) is 11.2 Å². The smallest absolute Gasteiger partial charge is 0.255 e. The summed E-state index contributed by atoms with van der Waals surface area (Å²) in [6.07, 6.45) is 5.13. The number of terminal acetylenes is 1. The lowest BCUT2D eigenvalue weighted by Gasteiger charge is -2.11. The second-order valence-electron chi connectivity index (χ2n) is 4.30. The molecular formula is C17H14ClNO2. The quantitative estimate of drug-likeness (QED) is 0.861. The van der Waals surface area contributed by atoms with E-state index in [4.69, 9.17) is 22.8 Å². The molecule has 4 heteroatoms. The van der Waals surface area contributed by atoms with Gasteiger partial charge in [-0.05, 0) is 29.8 Å². The van der Waals surface area contributed by atoms with Gasteiger partial charge >= 0.3 is 0 Å². The molecule has 0 aliphatic heterocycles. The predicted octanol–water partition coefficient (Wildman–Crippen LogP) is 3.28. The van der Waals surface area contributed by atoms with Gasteiger partial charge in [-0.3, -0.25) is 4.79 Å². The Kier molecular flexibility index (Phi) is 5.25. The number of halogens is 1. The fourth-order valence-electron chi connectivity index (χ4n) is 1.75. The van der Waals surface area contributed by atoms with E-state index in [1.54, 1.807) is 30.3 Å². The lowest BCUT2D eigenvalue weighted by molar-refractivity contribution is 0.0954. The third kappa shape index (κ3) is 4.27. The summed E-state index contributed by atoms with van der Waals surface area (Å²) in [5.41, 5.74) is 1.43. The van der Waals surface area contributed by atoms with Crippen LogP contribution < -0.4 is 10.1 Å². The topological polar surface area (TPSA) is 38.3 Å². The number of amides is 1. The van der Waals surface area contributed by atoms with Crippen LogP contribution in [0, 0.1) is 12.3 Å². The van der Waals surface area contributed by atoms with Crippen molar-refractivity contribution >= 4 is 17.5 Å². The van der Waals surface area contributed by atoms with E-state index >= 15 is 0 Å². The number of benzene rings is 2. The van der Waals surface area contributed by atoms with Crippen LogP contribution >= 0.6 is 11.6 Å². The van der Waals surface area contributed by atoms with Gasteiger partial charge in [0.1, 0.15) is 12.4 Å². The van der Waals surface area contributed by atoms with Crippen molar-refractivity contribution in [2.45, 2.75) is 6.61 Å². The summed E-state index contributed by atoms with van der Waals surface area (Å²) in [5.74, 6) is 2.63. The Morgan fingerprint density at radius 2 is 1.90 bits per heavy atom. The number of carbonyl (C=O) groups is 1. The minimum absolute atomic E-state index is 0.185. The molecule has 0 radical (unpaired) electrons. The molecule has 0 fully saturated rings. The number of para-hydroxylation sites is 1. The Bertz CT molecular complexity index is 659. The maximum atomic E-state index is 12.0. The first-order valence-electron chi connectivity index (χ1n) is 6.38. The molecule has 0 unspecified atom stereocenters. The van der Waals surface area contributed by atoms with Gasteiger partial charge in [0.25, 0.3) is 5.91 Å². The molecule has 0 atom stereocenters. The van der Waals surface area contributed by atoms with E-state index in [0.717, 1.165) is 5.56 Å². The van der Waals surface area contributed by atoms with Gasteiger partial charge in [-0.2, -0.15) is 0 Å². The standard InChI is InChI=1S/C17H14ClNO2/c1-2-11-19-17(20)15-5-3-4-6-16(15)21-12-13-7-9-14(18)10-8-13/h1,3-10H,11-12H2,(H,19,20). The van der Waals surface area contributed by atoms with Gasteiger partial charge in [-0.25, -0.2) is 0 Å². The molecule has 0 spiro atoms. The fourth-order valence-corrected chi connectivity index (χ4v) is 1.87. The van der Waals surface area contributed by atoms with Crippen LogP contribution in [0.2, 0.25) is 5.02 Å². The number of hydrogen-bond donors (Lipinski definition) is 1. The average molecular weight is 300 g/mol. The van der Waals surface area contributed by atoms with Gasteiger partial charge in [-0.1, -0.05) is 41.8 Å². The van der Waals surface area contributed by atoms with Crippen LogP contribution in [-0.4, -0.2) is 12.5 Å². The summed E-state index contributed by atoms with van der Waals surface area (Å²) in [7, 11) is 0. The molecule has 2 rings (SSSR count). The zero-order valence-electron chi connectivity index (χ0n) is 11.3. The Hall–Kier alpha value is -2.44. The largest absolute Gasteiger partial charge is 0.488 e. The maximum Gasteiger partial charge on any atom is 0.255 e. The van der Waals surface area contributed by atoms with Crippen LogP contribution in [-0.2, 0) is 6.61 Å². The highest BCUT2D eigenvalue weighted by Crippen LogP contribution is 2.19. The maximum absolute atomic E-state index is 12.0. The molecule has 0 heterocycles. The van der Waals surface area contributed by atoms with Gasteiger partial charge in [0.15, 0.2) is 0 Å². The van der Waals surface area contributed by atoms with Crippen LogP contribution in [0.4, 0.5) is 0 Å². The van der Waals surface area contributed by atoms with Crippen molar-refractivity contribution in [3.63, 3.8) is 0 Å². The number of nitrogens with one attached hydrogen (secondary N) is 1. The van der Waals surface area contributed by atoms with E-state index in [1.165, 1.54) is 0 Å². The van der Waals surface area contributed by atoms with Crippen molar-refractivity contribution in [2.75, 3.05) is 6.54 Å². The van der Waals surface area contributed by atoms with E-state index in [0.29, 0.717) is 22.9 Å². The third-order valence-corrected chi connectivity index (χ3v) is 3.04. The van der Waals surface area contributed by atoms with E-state index in [-0.39, 0.29) is 12.5 Å². The Labute approximate surface area is 128 Å². The minimum Gasteiger partial charge on any atom is -0.488 e. The molecule has 0 aromatic heterocycles. The summed E-state index contributed by atoms with van der Waals surface area (Å²) in [5, 5.41) is 3.30. The van der Waals surface area contributed by atoms with Gasteiger partial charge in [0.05, 0.1) is 12.1 Å². The van der Waals surface area contributed by atoms with Crippen molar-refractivity contribution < 1.29 is 9.53 Å². The zero-order chi connectivity index (χ0) is 15.1. The Morgan fingerprint density at radius 3 is 2.62 bits per heavy atom. The van der Waals surface area contributed by atoms with Crippen molar-refractivity contribution in [1.82, 2.24) is 5.32 Å². The van der Waals surface area contributed by atoms with Crippen LogP contribution in [0.1, 0.15) is 15.9 Å².